The van der Waals surface area contributed by atoms with Crippen LogP contribution in [0.15, 0.2) is 47.6 Å². The number of anilines is 2. The summed E-state index contributed by atoms with van der Waals surface area (Å²) < 4.78 is 40.7. The number of aromatic nitrogens is 2. The van der Waals surface area contributed by atoms with Gasteiger partial charge in [0.1, 0.15) is 24.0 Å². The highest BCUT2D eigenvalue weighted by Crippen LogP contribution is 2.50. The van der Waals surface area contributed by atoms with E-state index in [1.165, 1.54) is 31.6 Å². The topological polar surface area (TPSA) is 180 Å². The van der Waals surface area contributed by atoms with Gasteiger partial charge in [0.05, 0.1) is 30.0 Å². The molecule has 0 radical (unpaired) electrons. The number of hydrogen-bond donors (Lipinski definition) is 2. The number of amides is 1. The van der Waals surface area contributed by atoms with Gasteiger partial charge in [-0.2, -0.15) is 0 Å². The maximum absolute atomic E-state index is 14.3. The van der Waals surface area contributed by atoms with Crippen LogP contribution in [0.25, 0.3) is 11.3 Å². The number of carbonyl (C=O) groups excluding carboxylic acids is 1. The molecule has 210 valence electrons. The highest BCUT2D eigenvalue weighted by atomic mass is 32.2. The van der Waals surface area contributed by atoms with Gasteiger partial charge in [0, 0.05) is 30.2 Å². The standard InChI is InChI=1S/C26H28N6O7S/c1-26(2)12-17-16(22-21(26)24(27)30-14-29-22)8-9-19(38-3)23(17)31(11-10-15-13-28-25(33)39-15)40(36,37)20-7-5-4-6-18(20)32(34)35/h4-9,14-15H,10-13H2,1-3H3,(H,28,33)(H2,27,29,30)/t15-/m1/s1. The number of para-hydroxylation sites is 1. The lowest BCUT2D eigenvalue weighted by atomic mass is 9.71. The van der Waals surface area contributed by atoms with Gasteiger partial charge < -0.3 is 20.5 Å². The van der Waals surface area contributed by atoms with Gasteiger partial charge >= 0.3 is 6.09 Å². The van der Waals surface area contributed by atoms with Crippen LogP contribution in [0.2, 0.25) is 0 Å². The van der Waals surface area contributed by atoms with E-state index in [2.05, 4.69) is 15.3 Å². The molecule has 1 aromatic heterocycles. The minimum Gasteiger partial charge on any atom is -0.495 e. The van der Waals surface area contributed by atoms with E-state index < -0.39 is 43.1 Å². The number of benzene rings is 2. The van der Waals surface area contributed by atoms with E-state index >= 15 is 0 Å². The van der Waals surface area contributed by atoms with Crippen molar-refractivity contribution in [2.75, 3.05) is 30.2 Å². The molecule has 1 aliphatic carbocycles. The average molecular weight is 569 g/mol. The second kappa shape index (κ2) is 9.93. The summed E-state index contributed by atoms with van der Waals surface area (Å²) in [6.07, 6.45) is 0.643. The number of alkyl carbamates (subject to hydrolysis) is 1. The minimum atomic E-state index is -4.53. The summed E-state index contributed by atoms with van der Waals surface area (Å²) in [5, 5.41) is 14.4. The Morgan fingerprint density at radius 2 is 2.00 bits per heavy atom. The van der Waals surface area contributed by atoms with Crippen LogP contribution in [0.1, 0.15) is 31.4 Å². The van der Waals surface area contributed by atoms with E-state index in [0.29, 0.717) is 29.1 Å². The van der Waals surface area contributed by atoms with Gasteiger partial charge in [-0.1, -0.05) is 26.0 Å². The van der Waals surface area contributed by atoms with Crippen LogP contribution in [-0.2, 0) is 26.6 Å². The van der Waals surface area contributed by atoms with Crippen molar-refractivity contribution in [3.8, 4) is 17.0 Å². The van der Waals surface area contributed by atoms with Crippen LogP contribution in [0.4, 0.5) is 22.0 Å². The first-order valence-electron chi connectivity index (χ1n) is 12.5. The van der Waals surface area contributed by atoms with Gasteiger partial charge in [-0.3, -0.25) is 14.4 Å². The van der Waals surface area contributed by atoms with Crippen molar-refractivity contribution < 1.29 is 27.6 Å². The van der Waals surface area contributed by atoms with E-state index in [4.69, 9.17) is 15.2 Å². The summed E-state index contributed by atoms with van der Waals surface area (Å²) in [5.41, 5.74) is 7.92. The molecule has 2 heterocycles. The fourth-order valence-electron chi connectivity index (χ4n) is 5.41. The Bertz CT molecular complexity index is 1630. The number of hydrogen-bond acceptors (Lipinski definition) is 10. The van der Waals surface area contributed by atoms with Crippen LogP contribution < -0.4 is 20.1 Å². The molecule has 0 saturated carbocycles. The lowest BCUT2D eigenvalue weighted by Crippen LogP contribution is -2.37. The molecule has 1 saturated heterocycles. The number of methoxy groups -OCH3 is 1. The third kappa shape index (κ3) is 4.53. The van der Waals surface area contributed by atoms with Crippen LogP contribution in [-0.4, -0.2) is 55.7 Å². The Balaban J connectivity index is 1.75. The van der Waals surface area contributed by atoms with Crippen molar-refractivity contribution in [3.05, 3.63) is 64.0 Å². The van der Waals surface area contributed by atoms with Crippen molar-refractivity contribution in [2.24, 2.45) is 0 Å². The molecule has 0 spiro atoms. The van der Waals surface area contributed by atoms with Crippen LogP contribution in [0.5, 0.6) is 5.75 Å². The highest BCUT2D eigenvalue weighted by molar-refractivity contribution is 7.93. The Hall–Kier alpha value is -4.46. The smallest absolute Gasteiger partial charge is 0.407 e. The molecule has 13 nitrogen and oxygen atoms in total. The zero-order valence-corrected chi connectivity index (χ0v) is 22.9. The van der Waals surface area contributed by atoms with E-state index in [0.717, 1.165) is 15.9 Å². The summed E-state index contributed by atoms with van der Waals surface area (Å²) in [5.74, 6) is 0.585. The summed E-state index contributed by atoms with van der Waals surface area (Å²) >= 11 is 0. The zero-order valence-electron chi connectivity index (χ0n) is 22.1. The molecule has 0 unspecified atom stereocenters. The van der Waals surface area contributed by atoms with Crippen LogP contribution in [0, 0.1) is 10.1 Å². The second-order valence-electron chi connectivity index (χ2n) is 10.2. The maximum Gasteiger partial charge on any atom is 0.407 e. The van der Waals surface area contributed by atoms with Crippen LogP contribution in [0.3, 0.4) is 0 Å². The van der Waals surface area contributed by atoms with Crippen molar-refractivity contribution in [1.29, 1.82) is 0 Å². The molecule has 1 amide bonds. The molecular weight excluding hydrogens is 540 g/mol. The lowest BCUT2D eigenvalue weighted by molar-refractivity contribution is -0.387. The number of nitro benzene ring substituents is 1. The summed E-state index contributed by atoms with van der Waals surface area (Å²) in [6.45, 7) is 3.98. The molecule has 1 atom stereocenters. The molecule has 40 heavy (non-hydrogen) atoms. The lowest BCUT2D eigenvalue weighted by Gasteiger charge is -2.37. The molecular formula is C26H28N6O7S. The number of fused-ring (bicyclic) bond motifs is 3. The molecule has 3 N–H and O–H groups in total. The molecule has 3 aromatic rings. The molecule has 1 aliphatic heterocycles. The number of nitrogens with two attached hydrogens (primary N) is 1. The van der Waals surface area contributed by atoms with Gasteiger partial charge in [-0.15, -0.1) is 0 Å². The number of ether oxygens (including phenoxy) is 2. The first-order chi connectivity index (χ1) is 19.0. The number of rotatable bonds is 8. The molecule has 1 fully saturated rings. The highest BCUT2D eigenvalue weighted by Gasteiger charge is 2.41. The maximum atomic E-state index is 14.3. The monoisotopic (exact) mass is 568 g/mol. The van der Waals surface area contributed by atoms with E-state index in [-0.39, 0.29) is 30.9 Å². The number of nitrogens with zero attached hydrogens (tertiary/aromatic N) is 4. The summed E-state index contributed by atoms with van der Waals surface area (Å²) in [4.78, 5) is 30.9. The fourth-order valence-corrected chi connectivity index (χ4v) is 7.09. The molecule has 2 aromatic carbocycles. The number of nitrogen functional groups attached to an aromatic ring is 1. The SMILES string of the molecule is COc1ccc2c(c1N(CC[C@@H]1CNC(=O)O1)S(=O)(=O)c1ccccc1[N+](=O)[O-])CC(C)(C)c1c(N)ncnc1-2. The third-order valence-electron chi connectivity index (χ3n) is 7.17. The summed E-state index contributed by atoms with van der Waals surface area (Å²) in [7, 11) is -3.11. The number of carbonyl (C=O) groups is 1. The van der Waals surface area contributed by atoms with Gasteiger partial charge in [-0.05, 0) is 35.6 Å². The first-order valence-corrected chi connectivity index (χ1v) is 13.9. The van der Waals surface area contributed by atoms with E-state index in [9.17, 15) is 23.3 Å². The Morgan fingerprint density at radius 1 is 1.25 bits per heavy atom. The van der Waals surface area contributed by atoms with E-state index in [1.807, 2.05) is 13.8 Å². The van der Waals surface area contributed by atoms with Crippen LogP contribution >= 0.6 is 0 Å². The normalized spacial score (nSPS) is 17.3. The summed E-state index contributed by atoms with van der Waals surface area (Å²) in [6, 6.07) is 8.60. The number of nitro groups is 1. The molecule has 14 heteroatoms. The third-order valence-corrected chi connectivity index (χ3v) is 9.02. The fraction of sp³-hybridized carbons (Fsp3) is 0.346. The van der Waals surface area contributed by atoms with Crippen molar-refractivity contribution in [1.82, 2.24) is 15.3 Å². The number of sulfonamides is 1. The molecule has 5 rings (SSSR count). The Labute approximate surface area is 230 Å². The van der Waals surface area contributed by atoms with Crippen molar-refractivity contribution in [3.63, 3.8) is 0 Å². The van der Waals surface area contributed by atoms with Gasteiger partial charge in [0.25, 0.3) is 15.7 Å². The van der Waals surface area contributed by atoms with E-state index in [1.54, 1.807) is 12.1 Å². The minimum absolute atomic E-state index is 0.126. The first kappa shape index (κ1) is 27.1. The van der Waals surface area contributed by atoms with Crippen molar-refractivity contribution >= 4 is 33.3 Å². The molecule has 2 aliphatic rings. The van der Waals surface area contributed by atoms with Gasteiger partial charge in [-0.25, -0.2) is 23.2 Å². The largest absolute Gasteiger partial charge is 0.495 e. The van der Waals surface area contributed by atoms with Crippen molar-refractivity contribution in [2.45, 2.75) is 43.1 Å². The van der Waals surface area contributed by atoms with Gasteiger partial charge in [0.15, 0.2) is 4.90 Å². The average Bonchev–Trinajstić information content (AvgIpc) is 3.33. The Morgan fingerprint density at radius 3 is 2.67 bits per heavy atom. The zero-order chi connectivity index (χ0) is 28.8. The predicted molar refractivity (Wildman–Crippen MR) is 146 cm³/mol. The molecule has 0 bridgehead atoms. The number of cyclic esters (lactones) is 1. The second-order valence-corrected chi connectivity index (χ2v) is 12.0. The quantitative estimate of drug-likeness (QED) is 0.303. The predicted octanol–water partition coefficient (Wildman–Crippen LogP) is 3.17. The van der Waals surface area contributed by atoms with Gasteiger partial charge in [0.2, 0.25) is 0 Å². The Kier molecular flexibility index (Phi) is 6.74. The number of nitrogens with one attached hydrogen (secondary N) is 1.